The van der Waals surface area contributed by atoms with Crippen LogP contribution in [0.3, 0.4) is 0 Å². The summed E-state index contributed by atoms with van der Waals surface area (Å²) in [6, 6.07) is 12.5. The van der Waals surface area contributed by atoms with E-state index in [0.29, 0.717) is 6.54 Å². The maximum Gasteiger partial charge on any atom is 0.152 e. The summed E-state index contributed by atoms with van der Waals surface area (Å²) in [5.41, 5.74) is 3.14. The lowest BCUT2D eigenvalue weighted by molar-refractivity contribution is 0.373. The second-order valence-corrected chi connectivity index (χ2v) is 7.78. The fraction of sp³-hybridized carbons (Fsp3) is 0.348. The van der Waals surface area contributed by atoms with E-state index in [9.17, 15) is 0 Å². The van der Waals surface area contributed by atoms with E-state index < -0.39 is 0 Å². The first-order valence-corrected chi connectivity index (χ1v) is 10.3. The Hall–Kier alpha value is -2.95. The molecular formula is C23H25N5. The van der Waals surface area contributed by atoms with Crippen molar-refractivity contribution in [3.05, 3.63) is 60.0 Å². The number of pyridine rings is 2. The number of aliphatic imine (C=N–C) groups is 1. The van der Waals surface area contributed by atoms with Crippen LogP contribution in [0.5, 0.6) is 0 Å². The Morgan fingerprint density at radius 2 is 1.89 bits per heavy atom. The van der Waals surface area contributed by atoms with Crippen LogP contribution in [0.4, 0.5) is 11.5 Å². The molecule has 3 heterocycles. The molecular weight excluding hydrogens is 346 g/mol. The summed E-state index contributed by atoms with van der Waals surface area (Å²) in [6.45, 7) is 1.71. The third-order valence-corrected chi connectivity index (χ3v) is 5.83. The second kappa shape index (κ2) is 7.58. The summed E-state index contributed by atoms with van der Waals surface area (Å²) in [4.78, 5) is 13.7. The average molecular weight is 371 g/mol. The van der Waals surface area contributed by atoms with Crippen molar-refractivity contribution in [3.63, 3.8) is 0 Å². The largest absolute Gasteiger partial charge is 0.369 e. The zero-order valence-electron chi connectivity index (χ0n) is 16.0. The number of benzene rings is 1. The zero-order chi connectivity index (χ0) is 18.8. The lowest BCUT2D eigenvalue weighted by Crippen LogP contribution is -2.17. The molecule has 0 atom stereocenters. The van der Waals surface area contributed by atoms with Crippen molar-refractivity contribution >= 4 is 28.1 Å². The number of nitrogens with one attached hydrogen (secondary N) is 2. The third kappa shape index (κ3) is 3.44. The van der Waals surface area contributed by atoms with Crippen LogP contribution in [0.15, 0.2) is 53.8 Å². The monoisotopic (exact) mass is 371 g/mol. The molecule has 5 rings (SSSR count). The minimum atomic E-state index is 0.693. The van der Waals surface area contributed by atoms with Crippen LogP contribution < -0.4 is 10.6 Å². The molecule has 1 aliphatic heterocycles. The number of nitrogens with zero attached hydrogens (tertiary/aromatic N) is 3. The highest BCUT2D eigenvalue weighted by atomic mass is 15.0. The van der Waals surface area contributed by atoms with Gasteiger partial charge < -0.3 is 10.6 Å². The van der Waals surface area contributed by atoms with E-state index in [1.54, 1.807) is 0 Å². The van der Waals surface area contributed by atoms with Gasteiger partial charge in [-0.05, 0) is 54.5 Å². The molecule has 1 aliphatic carbocycles. The molecule has 5 nitrogen and oxygen atoms in total. The van der Waals surface area contributed by atoms with Crippen LogP contribution in [0.2, 0.25) is 0 Å². The van der Waals surface area contributed by atoms with Crippen molar-refractivity contribution in [2.75, 3.05) is 17.2 Å². The van der Waals surface area contributed by atoms with Crippen LogP contribution in [0, 0.1) is 5.92 Å². The van der Waals surface area contributed by atoms with Crippen molar-refractivity contribution in [3.8, 4) is 0 Å². The van der Waals surface area contributed by atoms with Gasteiger partial charge >= 0.3 is 0 Å². The Bertz CT molecular complexity index is 1020. The number of rotatable bonds is 4. The molecule has 0 unspecified atom stereocenters. The predicted molar refractivity (Wildman–Crippen MR) is 115 cm³/mol. The fourth-order valence-electron chi connectivity index (χ4n) is 4.28. The van der Waals surface area contributed by atoms with Gasteiger partial charge in [-0.3, -0.25) is 9.98 Å². The molecule has 1 saturated carbocycles. The maximum atomic E-state index is 4.60. The van der Waals surface area contributed by atoms with Gasteiger partial charge in [-0.2, -0.15) is 0 Å². The van der Waals surface area contributed by atoms with Gasteiger partial charge in [0.2, 0.25) is 0 Å². The molecule has 0 amide bonds. The number of amidine groups is 1. The molecule has 5 heteroatoms. The summed E-state index contributed by atoms with van der Waals surface area (Å²) in [7, 11) is 0. The Labute approximate surface area is 165 Å². The predicted octanol–water partition coefficient (Wildman–Crippen LogP) is 4.99. The highest BCUT2D eigenvalue weighted by Gasteiger charge is 2.17. The van der Waals surface area contributed by atoms with E-state index >= 15 is 0 Å². The molecule has 3 aromatic rings. The van der Waals surface area contributed by atoms with Gasteiger partial charge in [0.25, 0.3) is 0 Å². The van der Waals surface area contributed by atoms with Gasteiger partial charge in [0.05, 0.1) is 6.54 Å². The molecule has 1 aromatic carbocycles. The Balaban J connectivity index is 1.34. The lowest BCUT2D eigenvalue weighted by Gasteiger charge is -2.22. The number of aromatic nitrogens is 2. The van der Waals surface area contributed by atoms with Gasteiger partial charge in [0.1, 0.15) is 11.5 Å². The van der Waals surface area contributed by atoms with Crippen molar-refractivity contribution in [1.29, 1.82) is 0 Å². The average Bonchev–Trinajstić information content (AvgIpc) is 3.16. The van der Waals surface area contributed by atoms with Crippen molar-refractivity contribution in [2.45, 2.75) is 38.6 Å². The molecule has 0 saturated heterocycles. The van der Waals surface area contributed by atoms with Crippen LogP contribution in [0.1, 0.15) is 43.4 Å². The minimum absolute atomic E-state index is 0.693. The molecule has 2 aromatic heterocycles. The first kappa shape index (κ1) is 17.2. The summed E-state index contributed by atoms with van der Waals surface area (Å²) in [5.74, 6) is 2.61. The first-order valence-electron chi connectivity index (χ1n) is 10.3. The third-order valence-electron chi connectivity index (χ3n) is 5.83. The van der Waals surface area contributed by atoms with E-state index in [4.69, 9.17) is 0 Å². The molecule has 28 heavy (non-hydrogen) atoms. The fourth-order valence-corrected chi connectivity index (χ4v) is 4.28. The van der Waals surface area contributed by atoms with Gasteiger partial charge in [-0.25, -0.2) is 4.98 Å². The summed E-state index contributed by atoms with van der Waals surface area (Å²) < 4.78 is 0. The van der Waals surface area contributed by atoms with E-state index in [0.717, 1.165) is 40.9 Å². The molecule has 0 spiro atoms. The number of anilines is 2. The SMILES string of the molecule is c1cnc2c(c1)CN=C2Nc1ccc2c(NCC3CCCCC3)nccc2c1. The highest BCUT2D eigenvalue weighted by Crippen LogP contribution is 2.28. The van der Waals surface area contributed by atoms with Crippen molar-refractivity contribution in [1.82, 2.24) is 9.97 Å². The molecule has 1 fully saturated rings. The number of hydrogen-bond donors (Lipinski definition) is 2. The van der Waals surface area contributed by atoms with Crippen LogP contribution >= 0.6 is 0 Å². The highest BCUT2D eigenvalue weighted by molar-refractivity contribution is 6.10. The zero-order valence-corrected chi connectivity index (χ0v) is 16.0. The van der Waals surface area contributed by atoms with E-state index in [-0.39, 0.29) is 0 Å². The molecule has 142 valence electrons. The van der Waals surface area contributed by atoms with Crippen molar-refractivity contribution in [2.24, 2.45) is 10.9 Å². The molecule has 0 radical (unpaired) electrons. The van der Waals surface area contributed by atoms with Gasteiger partial charge in [0, 0.05) is 35.6 Å². The van der Waals surface area contributed by atoms with Crippen LogP contribution in [-0.4, -0.2) is 22.3 Å². The summed E-state index contributed by atoms with van der Waals surface area (Å²) in [5, 5.41) is 9.37. The Morgan fingerprint density at radius 1 is 0.964 bits per heavy atom. The van der Waals surface area contributed by atoms with E-state index in [1.165, 1.54) is 43.1 Å². The number of hydrogen-bond acceptors (Lipinski definition) is 5. The van der Waals surface area contributed by atoms with Crippen LogP contribution in [-0.2, 0) is 6.54 Å². The molecule has 2 aliphatic rings. The molecule has 0 bridgehead atoms. The summed E-state index contributed by atoms with van der Waals surface area (Å²) in [6.07, 6.45) is 10.5. The van der Waals surface area contributed by atoms with Gasteiger partial charge in [-0.15, -0.1) is 0 Å². The number of fused-ring (bicyclic) bond motifs is 2. The maximum absolute atomic E-state index is 4.60. The summed E-state index contributed by atoms with van der Waals surface area (Å²) >= 11 is 0. The quantitative estimate of drug-likeness (QED) is 0.678. The van der Waals surface area contributed by atoms with Crippen LogP contribution in [0.25, 0.3) is 10.8 Å². The Morgan fingerprint density at radius 3 is 2.82 bits per heavy atom. The first-order chi connectivity index (χ1) is 13.9. The lowest BCUT2D eigenvalue weighted by atomic mass is 9.89. The van der Waals surface area contributed by atoms with Crippen molar-refractivity contribution < 1.29 is 0 Å². The van der Waals surface area contributed by atoms with E-state index in [1.807, 2.05) is 18.5 Å². The van der Waals surface area contributed by atoms with Gasteiger partial charge in [-0.1, -0.05) is 25.3 Å². The topological polar surface area (TPSA) is 62.2 Å². The molecule has 2 N–H and O–H groups in total. The normalized spacial score (nSPS) is 16.6. The standard InChI is InChI=1S/C23H25N5/c1-2-5-16(6-3-1)14-26-22-20-9-8-19(13-17(20)10-12-25-22)28-23-21-18(15-27-23)7-4-11-24-21/h4,7-13,16H,1-3,5-6,14-15H2,(H,25,26)(H,27,28). The van der Waals surface area contributed by atoms with Gasteiger partial charge in [0.15, 0.2) is 5.84 Å². The smallest absolute Gasteiger partial charge is 0.152 e. The minimum Gasteiger partial charge on any atom is -0.369 e. The second-order valence-electron chi connectivity index (χ2n) is 7.78. The van der Waals surface area contributed by atoms with E-state index in [2.05, 4.69) is 55.9 Å². The Kier molecular flexibility index (Phi) is 4.65.